The molecule has 2 heteroatoms. The normalized spacial score (nSPS) is 11.2. The van der Waals surface area contributed by atoms with Crippen LogP contribution in [0.4, 0.5) is 0 Å². The van der Waals surface area contributed by atoms with Crippen molar-refractivity contribution in [2.45, 2.75) is 19.5 Å². The van der Waals surface area contributed by atoms with Crippen LogP contribution >= 0.6 is 8.58 Å². The first-order valence-electron chi connectivity index (χ1n) is 4.10. The summed E-state index contributed by atoms with van der Waals surface area (Å²) in [5, 5.41) is 7.77. The molecule has 1 unspecified atom stereocenters. The van der Waals surface area contributed by atoms with Crippen LogP contribution in [0.2, 0.25) is 0 Å². The predicted molar refractivity (Wildman–Crippen MR) is 56.7 cm³/mol. The van der Waals surface area contributed by atoms with Gasteiger partial charge in [-0.15, -0.1) is 0 Å². The van der Waals surface area contributed by atoms with Crippen molar-refractivity contribution in [1.82, 2.24) is 0 Å². The van der Waals surface area contributed by atoms with Gasteiger partial charge >= 0.3 is 0 Å². The monoisotopic (exact) mass is 179 g/mol. The van der Waals surface area contributed by atoms with Crippen molar-refractivity contribution in [3.05, 3.63) is 35.9 Å². The maximum atomic E-state index is 7.77. The molecule has 0 saturated carbocycles. The highest BCUT2D eigenvalue weighted by Crippen LogP contribution is 2.23. The molecule has 12 heavy (non-hydrogen) atoms. The summed E-state index contributed by atoms with van der Waals surface area (Å²) in [5.74, 6) is 0. The summed E-state index contributed by atoms with van der Waals surface area (Å²) in [6.07, 6.45) is 0. The molecule has 0 aliphatic heterocycles. The highest BCUT2D eigenvalue weighted by atomic mass is 31.1. The number of hydrogen-bond acceptors (Lipinski definition) is 1. The van der Waals surface area contributed by atoms with Gasteiger partial charge in [0.25, 0.3) is 0 Å². The second-order valence-electron chi connectivity index (χ2n) is 3.04. The van der Waals surface area contributed by atoms with Crippen molar-refractivity contribution in [3.63, 3.8) is 0 Å². The molecule has 1 aromatic rings. The lowest BCUT2D eigenvalue weighted by atomic mass is 10.2. The van der Waals surface area contributed by atoms with Crippen LogP contribution in [0.1, 0.15) is 19.4 Å². The standard InChI is InChI=1S/C10H14NP/c1-8(2)12-10(11)9-6-4-3-5-7-9/h3-8,11-12H,1-2H3. The zero-order chi connectivity index (χ0) is 8.97. The molecule has 0 heterocycles. The smallest absolute Gasteiger partial charge is 0.0585 e. The summed E-state index contributed by atoms with van der Waals surface area (Å²) in [6.45, 7) is 4.30. The molecule has 0 aliphatic rings. The molecule has 0 amide bonds. The topological polar surface area (TPSA) is 23.9 Å². The Bertz CT molecular complexity index is 254. The van der Waals surface area contributed by atoms with Crippen LogP contribution in [0.25, 0.3) is 0 Å². The third-order valence-electron chi connectivity index (χ3n) is 1.50. The van der Waals surface area contributed by atoms with Crippen LogP contribution in [0.15, 0.2) is 30.3 Å². The minimum Gasteiger partial charge on any atom is -0.300 e. The summed E-state index contributed by atoms with van der Waals surface area (Å²) < 4.78 is 0. The third kappa shape index (κ3) is 2.75. The van der Waals surface area contributed by atoms with E-state index in [1.54, 1.807) is 0 Å². The Balaban J connectivity index is 2.66. The van der Waals surface area contributed by atoms with Crippen molar-refractivity contribution >= 4 is 14.0 Å². The molecule has 0 radical (unpaired) electrons. The van der Waals surface area contributed by atoms with E-state index in [1.165, 1.54) is 0 Å². The zero-order valence-electron chi connectivity index (χ0n) is 7.46. The van der Waals surface area contributed by atoms with Crippen molar-refractivity contribution in [2.24, 2.45) is 0 Å². The Morgan fingerprint density at radius 1 is 1.25 bits per heavy atom. The molecule has 0 saturated heterocycles. The Hall–Kier alpha value is -0.680. The quantitative estimate of drug-likeness (QED) is 0.544. The fourth-order valence-electron chi connectivity index (χ4n) is 0.977. The summed E-state index contributed by atoms with van der Waals surface area (Å²) in [5.41, 5.74) is 2.42. The van der Waals surface area contributed by atoms with Crippen LogP contribution in [-0.2, 0) is 0 Å². The van der Waals surface area contributed by atoms with Gasteiger partial charge in [0.05, 0.1) is 5.45 Å². The minimum absolute atomic E-state index is 0.595. The molecule has 1 atom stereocenters. The molecule has 1 N–H and O–H groups in total. The lowest BCUT2D eigenvalue weighted by Gasteiger charge is -2.06. The molecular weight excluding hydrogens is 165 g/mol. The van der Waals surface area contributed by atoms with Crippen molar-refractivity contribution in [3.8, 4) is 0 Å². The molecule has 64 valence electrons. The first kappa shape index (κ1) is 9.41. The van der Waals surface area contributed by atoms with E-state index in [0.29, 0.717) is 14.2 Å². The summed E-state index contributed by atoms with van der Waals surface area (Å²) in [4.78, 5) is 0. The Morgan fingerprint density at radius 3 is 2.33 bits per heavy atom. The predicted octanol–water partition coefficient (Wildman–Crippen LogP) is 3.10. The van der Waals surface area contributed by atoms with Gasteiger partial charge in [0.1, 0.15) is 0 Å². The van der Waals surface area contributed by atoms with Crippen LogP contribution in [0, 0.1) is 5.41 Å². The second kappa shape index (κ2) is 4.37. The third-order valence-corrected chi connectivity index (χ3v) is 2.65. The van der Waals surface area contributed by atoms with Gasteiger partial charge in [-0.3, -0.25) is 0 Å². The maximum Gasteiger partial charge on any atom is 0.0585 e. The van der Waals surface area contributed by atoms with Gasteiger partial charge in [0.15, 0.2) is 0 Å². The molecule has 0 spiro atoms. The second-order valence-corrected chi connectivity index (χ2v) is 4.98. The van der Waals surface area contributed by atoms with Crippen molar-refractivity contribution in [1.29, 1.82) is 5.41 Å². The number of hydrogen-bond donors (Lipinski definition) is 1. The van der Waals surface area contributed by atoms with Gasteiger partial charge in [0, 0.05) is 0 Å². The Labute approximate surface area is 75.5 Å². The van der Waals surface area contributed by atoms with E-state index >= 15 is 0 Å². The largest absolute Gasteiger partial charge is 0.300 e. The zero-order valence-corrected chi connectivity index (χ0v) is 8.46. The van der Waals surface area contributed by atoms with E-state index in [4.69, 9.17) is 5.41 Å². The number of benzene rings is 1. The molecule has 0 bridgehead atoms. The van der Waals surface area contributed by atoms with E-state index in [9.17, 15) is 0 Å². The fourth-order valence-corrected chi connectivity index (χ4v) is 1.89. The molecule has 1 rings (SSSR count). The van der Waals surface area contributed by atoms with Gasteiger partial charge in [-0.2, -0.15) is 0 Å². The molecule has 0 aliphatic carbocycles. The lowest BCUT2D eigenvalue weighted by Crippen LogP contribution is -1.95. The molecular formula is C10H14NP. The van der Waals surface area contributed by atoms with Crippen LogP contribution in [0.5, 0.6) is 0 Å². The minimum atomic E-state index is 0.595. The van der Waals surface area contributed by atoms with Crippen LogP contribution < -0.4 is 0 Å². The molecule has 0 aromatic heterocycles. The first-order chi connectivity index (χ1) is 5.70. The molecule has 0 fully saturated rings. The van der Waals surface area contributed by atoms with Crippen molar-refractivity contribution < 1.29 is 0 Å². The molecule has 1 aromatic carbocycles. The summed E-state index contributed by atoms with van der Waals surface area (Å²) >= 11 is 0. The van der Waals surface area contributed by atoms with Crippen molar-refractivity contribution in [2.75, 3.05) is 0 Å². The number of nitrogens with one attached hydrogen (secondary N) is 1. The maximum absolute atomic E-state index is 7.77. The van der Waals surface area contributed by atoms with E-state index in [-0.39, 0.29) is 0 Å². The average molecular weight is 179 g/mol. The van der Waals surface area contributed by atoms with Gasteiger partial charge in [0.2, 0.25) is 0 Å². The first-order valence-corrected chi connectivity index (χ1v) is 5.18. The Morgan fingerprint density at radius 2 is 1.83 bits per heavy atom. The van der Waals surface area contributed by atoms with Gasteiger partial charge in [-0.25, -0.2) is 0 Å². The van der Waals surface area contributed by atoms with E-state index in [0.717, 1.165) is 11.0 Å². The highest BCUT2D eigenvalue weighted by Gasteiger charge is 2.01. The average Bonchev–Trinajstić information content (AvgIpc) is 2.05. The number of rotatable bonds is 3. The van der Waals surface area contributed by atoms with E-state index in [1.807, 2.05) is 30.3 Å². The van der Waals surface area contributed by atoms with Gasteiger partial charge in [-0.05, 0) is 11.2 Å². The summed E-state index contributed by atoms with van der Waals surface area (Å²) in [7, 11) is 0.623. The Kier molecular flexibility index (Phi) is 3.43. The SMILES string of the molecule is CC(C)PC(=N)c1ccccc1. The van der Waals surface area contributed by atoms with Gasteiger partial charge < -0.3 is 5.41 Å². The lowest BCUT2D eigenvalue weighted by molar-refractivity contribution is 1.11. The summed E-state index contributed by atoms with van der Waals surface area (Å²) in [6, 6.07) is 9.94. The van der Waals surface area contributed by atoms with Gasteiger partial charge in [-0.1, -0.05) is 52.8 Å². The van der Waals surface area contributed by atoms with Crippen LogP contribution in [-0.4, -0.2) is 11.1 Å². The highest BCUT2D eigenvalue weighted by molar-refractivity contribution is 7.59. The molecule has 1 nitrogen and oxygen atoms in total. The van der Waals surface area contributed by atoms with Crippen LogP contribution in [0.3, 0.4) is 0 Å². The fraction of sp³-hybridized carbons (Fsp3) is 0.300. The van der Waals surface area contributed by atoms with E-state index in [2.05, 4.69) is 13.8 Å². The van der Waals surface area contributed by atoms with E-state index < -0.39 is 0 Å².